The molecule has 1 aliphatic heterocycles. The fourth-order valence-electron chi connectivity index (χ4n) is 1.90. The highest BCUT2D eigenvalue weighted by Crippen LogP contribution is 2.17. The lowest BCUT2D eigenvalue weighted by Crippen LogP contribution is -2.44. The standard InChI is InChI=1S/C11H20N2O3/c1-2-9(12)6-10(14)13-5-3-4-8(7-13)11(15)16/h8-9H,2-7,12H2,1H3,(H,15,16). The van der Waals surface area contributed by atoms with Gasteiger partial charge in [-0.05, 0) is 19.3 Å². The van der Waals surface area contributed by atoms with Gasteiger partial charge in [0.25, 0.3) is 0 Å². The molecule has 0 aromatic carbocycles. The van der Waals surface area contributed by atoms with Crippen LogP contribution in [0.5, 0.6) is 0 Å². The number of carboxylic acids is 1. The quantitative estimate of drug-likeness (QED) is 0.731. The van der Waals surface area contributed by atoms with Crippen LogP contribution in [0.15, 0.2) is 0 Å². The SMILES string of the molecule is CCC(N)CC(=O)N1CCCC(C(=O)O)C1. The van der Waals surface area contributed by atoms with Crippen LogP contribution >= 0.6 is 0 Å². The number of rotatable bonds is 4. The van der Waals surface area contributed by atoms with Gasteiger partial charge in [0.2, 0.25) is 5.91 Å². The van der Waals surface area contributed by atoms with E-state index in [1.165, 1.54) is 0 Å². The number of nitrogens with zero attached hydrogens (tertiary/aromatic N) is 1. The Morgan fingerprint density at radius 3 is 2.81 bits per heavy atom. The average Bonchev–Trinajstić information content (AvgIpc) is 2.28. The van der Waals surface area contributed by atoms with Gasteiger partial charge in [-0.15, -0.1) is 0 Å². The third kappa shape index (κ3) is 3.48. The molecule has 0 bridgehead atoms. The van der Waals surface area contributed by atoms with Crippen molar-refractivity contribution < 1.29 is 14.7 Å². The second kappa shape index (κ2) is 5.84. The number of likely N-dealkylation sites (tertiary alicyclic amines) is 1. The maximum atomic E-state index is 11.8. The predicted octanol–water partition coefficient (Wildman–Crippen LogP) is 0.437. The molecule has 5 heteroatoms. The van der Waals surface area contributed by atoms with Crippen LogP contribution in [0.1, 0.15) is 32.6 Å². The molecule has 0 aliphatic carbocycles. The van der Waals surface area contributed by atoms with E-state index in [9.17, 15) is 9.59 Å². The summed E-state index contributed by atoms with van der Waals surface area (Å²) in [5.74, 6) is -1.23. The smallest absolute Gasteiger partial charge is 0.308 e. The van der Waals surface area contributed by atoms with Crippen LogP contribution in [0.3, 0.4) is 0 Å². The Labute approximate surface area is 95.6 Å². The third-order valence-corrected chi connectivity index (χ3v) is 3.08. The number of aliphatic carboxylic acids is 1. The molecule has 0 saturated carbocycles. The largest absolute Gasteiger partial charge is 0.481 e. The number of piperidine rings is 1. The summed E-state index contributed by atoms with van der Waals surface area (Å²) in [4.78, 5) is 24.3. The molecule has 2 unspecified atom stereocenters. The first-order valence-corrected chi connectivity index (χ1v) is 5.80. The van der Waals surface area contributed by atoms with Gasteiger partial charge in [0.05, 0.1) is 5.92 Å². The lowest BCUT2D eigenvalue weighted by Gasteiger charge is -2.31. The Hall–Kier alpha value is -1.10. The summed E-state index contributed by atoms with van der Waals surface area (Å²) in [5.41, 5.74) is 5.71. The molecule has 1 fully saturated rings. The van der Waals surface area contributed by atoms with Crippen LogP contribution in [0.4, 0.5) is 0 Å². The molecule has 92 valence electrons. The van der Waals surface area contributed by atoms with Gasteiger partial charge in [0.15, 0.2) is 0 Å². The van der Waals surface area contributed by atoms with Crippen molar-refractivity contribution in [3.63, 3.8) is 0 Å². The highest BCUT2D eigenvalue weighted by atomic mass is 16.4. The van der Waals surface area contributed by atoms with Crippen molar-refractivity contribution in [1.82, 2.24) is 4.90 Å². The van der Waals surface area contributed by atoms with Crippen molar-refractivity contribution in [2.24, 2.45) is 11.7 Å². The van der Waals surface area contributed by atoms with Crippen LogP contribution in [0.25, 0.3) is 0 Å². The Bertz CT molecular complexity index is 268. The summed E-state index contributed by atoms with van der Waals surface area (Å²) in [7, 11) is 0. The van der Waals surface area contributed by atoms with Crippen molar-refractivity contribution in [3.05, 3.63) is 0 Å². The number of carbonyl (C=O) groups excluding carboxylic acids is 1. The Morgan fingerprint density at radius 1 is 1.56 bits per heavy atom. The highest BCUT2D eigenvalue weighted by molar-refractivity contribution is 5.78. The molecule has 1 amide bonds. The van der Waals surface area contributed by atoms with Crippen molar-refractivity contribution >= 4 is 11.9 Å². The van der Waals surface area contributed by atoms with E-state index in [0.717, 1.165) is 12.8 Å². The van der Waals surface area contributed by atoms with E-state index in [0.29, 0.717) is 25.9 Å². The fraction of sp³-hybridized carbons (Fsp3) is 0.818. The van der Waals surface area contributed by atoms with Gasteiger partial charge in [-0.1, -0.05) is 6.92 Å². The predicted molar refractivity (Wildman–Crippen MR) is 59.8 cm³/mol. The topological polar surface area (TPSA) is 83.6 Å². The van der Waals surface area contributed by atoms with Crippen molar-refractivity contribution in [2.75, 3.05) is 13.1 Å². The zero-order valence-electron chi connectivity index (χ0n) is 9.69. The maximum Gasteiger partial charge on any atom is 0.308 e. The van der Waals surface area contributed by atoms with Gasteiger partial charge in [-0.2, -0.15) is 0 Å². The molecule has 1 heterocycles. The van der Waals surface area contributed by atoms with E-state index in [4.69, 9.17) is 10.8 Å². The number of carboxylic acid groups (broad SMARTS) is 1. The van der Waals surface area contributed by atoms with E-state index in [-0.39, 0.29) is 11.9 Å². The van der Waals surface area contributed by atoms with Crippen LogP contribution in [0.2, 0.25) is 0 Å². The van der Waals surface area contributed by atoms with Crippen molar-refractivity contribution in [2.45, 2.75) is 38.6 Å². The van der Waals surface area contributed by atoms with Gasteiger partial charge < -0.3 is 15.7 Å². The molecule has 0 spiro atoms. The van der Waals surface area contributed by atoms with Crippen LogP contribution in [0, 0.1) is 5.92 Å². The Kier molecular flexibility index (Phi) is 4.73. The number of carbonyl (C=O) groups is 2. The van der Waals surface area contributed by atoms with E-state index in [1.54, 1.807) is 4.90 Å². The zero-order chi connectivity index (χ0) is 12.1. The molecular formula is C11H20N2O3. The van der Waals surface area contributed by atoms with Gasteiger partial charge in [0.1, 0.15) is 0 Å². The molecule has 5 nitrogen and oxygen atoms in total. The highest BCUT2D eigenvalue weighted by Gasteiger charge is 2.28. The molecule has 3 N–H and O–H groups in total. The molecular weight excluding hydrogens is 208 g/mol. The summed E-state index contributed by atoms with van der Waals surface area (Å²) >= 11 is 0. The molecule has 16 heavy (non-hydrogen) atoms. The monoisotopic (exact) mass is 228 g/mol. The first-order valence-electron chi connectivity index (χ1n) is 5.80. The van der Waals surface area contributed by atoms with E-state index in [2.05, 4.69) is 0 Å². The summed E-state index contributed by atoms with van der Waals surface area (Å²) in [5, 5.41) is 8.90. The molecule has 1 saturated heterocycles. The summed E-state index contributed by atoms with van der Waals surface area (Å²) in [6.07, 6.45) is 2.52. The van der Waals surface area contributed by atoms with Crippen molar-refractivity contribution in [3.8, 4) is 0 Å². The van der Waals surface area contributed by atoms with Gasteiger partial charge in [0, 0.05) is 25.6 Å². The van der Waals surface area contributed by atoms with Crippen LogP contribution < -0.4 is 5.73 Å². The number of amides is 1. The number of hydrogen-bond donors (Lipinski definition) is 2. The normalized spacial score (nSPS) is 22.9. The summed E-state index contributed by atoms with van der Waals surface area (Å²) in [6.45, 7) is 2.94. The first kappa shape index (κ1) is 13.0. The summed E-state index contributed by atoms with van der Waals surface area (Å²) < 4.78 is 0. The van der Waals surface area contributed by atoms with Gasteiger partial charge >= 0.3 is 5.97 Å². The van der Waals surface area contributed by atoms with E-state index < -0.39 is 11.9 Å². The minimum absolute atomic E-state index is 0.0136. The van der Waals surface area contributed by atoms with E-state index >= 15 is 0 Å². The van der Waals surface area contributed by atoms with Crippen molar-refractivity contribution in [1.29, 1.82) is 0 Å². The second-order valence-electron chi connectivity index (χ2n) is 4.39. The lowest BCUT2D eigenvalue weighted by atomic mass is 9.97. The zero-order valence-corrected chi connectivity index (χ0v) is 9.69. The molecule has 0 aromatic rings. The molecule has 1 aliphatic rings. The molecule has 1 rings (SSSR count). The molecule has 0 radical (unpaired) electrons. The Morgan fingerprint density at radius 2 is 2.25 bits per heavy atom. The summed E-state index contributed by atoms with van der Waals surface area (Å²) in [6, 6.07) is -0.113. The maximum absolute atomic E-state index is 11.8. The number of nitrogens with two attached hydrogens (primary N) is 1. The number of hydrogen-bond acceptors (Lipinski definition) is 3. The van der Waals surface area contributed by atoms with Gasteiger partial charge in [-0.25, -0.2) is 0 Å². The second-order valence-corrected chi connectivity index (χ2v) is 4.39. The average molecular weight is 228 g/mol. The van der Waals surface area contributed by atoms with Gasteiger partial charge in [-0.3, -0.25) is 9.59 Å². The minimum Gasteiger partial charge on any atom is -0.481 e. The van der Waals surface area contributed by atoms with E-state index in [1.807, 2.05) is 6.92 Å². The van der Waals surface area contributed by atoms with Crippen LogP contribution in [-0.2, 0) is 9.59 Å². The third-order valence-electron chi connectivity index (χ3n) is 3.08. The fourth-order valence-corrected chi connectivity index (χ4v) is 1.90. The lowest BCUT2D eigenvalue weighted by molar-refractivity contribution is -0.145. The van der Waals surface area contributed by atoms with Crippen LogP contribution in [-0.4, -0.2) is 41.0 Å². The first-order chi connectivity index (χ1) is 7.54. The molecule has 2 atom stereocenters. The minimum atomic E-state index is -0.808. The molecule has 0 aromatic heterocycles. The Balaban J connectivity index is 2.47.